The third-order valence-corrected chi connectivity index (χ3v) is 4.28. The number of hydrogen-bond acceptors (Lipinski definition) is 4. The van der Waals surface area contributed by atoms with Gasteiger partial charge in [0, 0.05) is 5.02 Å². The molecular formula is C16H15ClN2O4S. The second kappa shape index (κ2) is 6.33. The Hall–Kier alpha value is -2.25. The Kier molecular flexibility index (Phi) is 4.38. The van der Waals surface area contributed by atoms with Crippen LogP contribution in [0.3, 0.4) is 0 Å². The van der Waals surface area contributed by atoms with E-state index in [0.29, 0.717) is 28.7 Å². The van der Waals surface area contributed by atoms with Crippen molar-refractivity contribution in [2.45, 2.75) is 6.54 Å². The van der Waals surface area contributed by atoms with Crippen LogP contribution in [0.4, 0.5) is 11.4 Å². The third kappa shape index (κ3) is 3.80. The van der Waals surface area contributed by atoms with Gasteiger partial charge in [-0.05, 0) is 35.9 Å². The van der Waals surface area contributed by atoms with E-state index in [-0.39, 0.29) is 12.5 Å². The zero-order chi connectivity index (χ0) is 17.3. The number of carbonyl (C=O) groups excluding carboxylic acids is 1. The first-order valence-corrected chi connectivity index (χ1v) is 9.38. The number of sulfonamides is 1. The Morgan fingerprint density at radius 3 is 2.75 bits per heavy atom. The van der Waals surface area contributed by atoms with Crippen molar-refractivity contribution in [1.82, 2.24) is 0 Å². The molecule has 0 fully saturated rings. The minimum atomic E-state index is -3.41. The molecule has 0 aliphatic carbocycles. The van der Waals surface area contributed by atoms with Gasteiger partial charge in [0.2, 0.25) is 10.0 Å². The molecule has 0 radical (unpaired) electrons. The van der Waals surface area contributed by atoms with E-state index in [9.17, 15) is 13.2 Å². The molecule has 2 aromatic rings. The van der Waals surface area contributed by atoms with Crippen molar-refractivity contribution in [2.75, 3.05) is 22.5 Å². The Bertz CT molecular complexity index is 899. The van der Waals surface area contributed by atoms with Gasteiger partial charge in [-0.25, -0.2) is 8.42 Å². The quantitative estimate of drug-likeness (QED) is 0.902. The first-order valence-electron chi connectivity index (χ1n) is 7.11. The molecule has 0 aromatic heterocycles. The lowest BCUT2D eigenvalue weighted by Gasteiger charge is -2.30. The van der Waals surface area contributed by atoms with Crippen molar-refractivity contribution < 1.29 is 17.9 Å². The molecule has 0 bridgehead atoms. The first-order chi connectivity index (χ1) is 11.3. The minimum absolute atomic E-state index is 0.0631. The molecule has 1 aliphatic heterocycles. The van der Waals surface area contributed by atoms with Crippen LogP contribution in [0.5, 0.6) is 5.75 Å². The van der Waals surface area contributed by atoms with E-state index in [1.54, 1.807) is 35.2 Å². The van der Waals surface area contributed by atoms with Crippen LogP contribution in [0.1, 0.15) is 5.56 Å². The lowest BCUT2D eigenvalue weighted by Crippen LogP contribution is -2.38. The predicted octanol–water partition coefficient (Wildman–Crippen LogP) is 2.64. The van der Waals surface area contributed by atoms with E-state index in [4.69, 9.17) is 16.3 Å². The number of rotatable bonds is 4. The summed E-state index contributed by atoms with van der Waals surface area (Å²) in [5, 5.41) is 0.584. The van der Waals surface area contributed by atoms with Gasteiger partial charge in [0.15, 0.2) is 6.61 Å². The highest BCUT2D eigenvalue weighted by Crippen LogP contribution is 2.35. The van der Waals surface area contributed by atoms with Gasteiger partial charge in [0.1, 0.15) is 5.75 Å². The van der Waals surface area contributed by atoms with Crippen LogP contribution in [0.2, 0.25) is 5.02 Å². The molecule has 0 atom stereocenters. The van der Waals surface area contributed by atoms with Crippen molar-refractivity contribution in [3.63, 3.8) is 0 Å². The van der Waals surface area contributed by atoms with Crippen LogP contribution in [-0.2, 0) is 21.4 Å². The summed E-state index contributed by atoms with van der Waals surface area (Å²) < 4.78 is 30.6. The molecule has 1 aliphatic rings. The molecule has 8 heteroatoms. The Morgan fingerprint density at radius 2 is 2.04 bits per heavy atom. The Balaban J connectivity index is 1.96. The summed E-state index contributed by atoms with van der Waals surface area (Å²) in [7, 11) is -3.41. The van der Waals surface area contributed by atoms with E-state index in [1.165, 1.54) is 0 Å². The highest BCUT2D eigenvalue weighted by Gasteiger charge is 2.26. The first kappa shape index (κ1) is 16.6. The van der Waals surface area contributed by atoms with E-state index in [2.05, 4.69) is 4.72 Å². The number of halogens is 1. The Morgan fingerprint density at radius 1 is 1.25 bits per heavy atom. The van der Waals surface area contributed by atoms with Gasteiger partial charge in [-0.3, -0.25) is 9.52 Å². The molecule has 0 spiro atoms. The van der Waals surface area contributed by atoms with Gasteiger partial charge in [-0.2, -0.15) is 0 Å². The zero-order valence-electron chi connectivity index (χ0n) is 12.8. The topological polar surface area (TPSA) is 75.7 Å². The highest BCUT2D eigenvalue weighted by atomic mass is 35.5. The number of nitrogens with zero attached hydrogens (tertiary/aromatic N) is 1. The fraction of sp³-hybridized carbons (Fsp3) is 0.188. The van der Waals surface area contributed by atoms with Gasteiger partial charge in [-0.15, -0.1) is 0 Å². The molecule has 3 rings (SSSR count). The summed E-state index contributed by atoms with van der Waals surface area (Å²) in [6.45, 7) is 0.254. The van der Waals surface area contributed by atoms with Gasteiger partial charge >= 0.3 is 0 Å². The fourth-order valence-corrected chi connectivity index (χ4v) is 3.24. The molecule has 1 heterocycles. The number of fused-ring (bicyclic) bond motifs is 1. The van der Waals surface area contributed by atoms with Crippen molar-refractivity contribution in [1.29, 1.82) is 0 Å². The maximum Gasteiger partial charge on any atom is 0.265 e. The van der Waals surface area contributed by atoms with E-state index < -0.39 is 10.0 Å². The standard InChI is InChI=1S/C16H15ClN2O4S/c1-24(21,22)18-13-5-6-15-14(8-13)19(16(20)10-23-15)9-11-3-2-4-12(17)7-11/h2-8,18H,9-10H2,1H3. The SMILES string of the molecule is CS(=O)(=O)Nc1ccc2c(c1)N(Cc1cccc(Cl)c1)C(=O)CO2. The number of anilines is 2. The fourth-order valence-electron chi connectivity index (χ4n) is 2.47. The summed E-state index contributed by atoms with van der Waals surface area (Å²) in [4.78, 5) is 13.8. The summed E-state index contributed by atoms with van der Waals surface area (Å²) in [6, 6.07) is 12.0. The minimum Gasteiger partial charge on any atom is -0.482 e. The lowest BCUT2D eigenvalue weighted by molar-refractivity contribution is -0.121. The van der Waals surface area contributed by atoms with Gasteiger partial charge in [0.25, 0.3) is 5.91 Å². The van der Waals surface area contributed by atoms with Crippen molar-refractivity contribution in [3.05, 3.63) is 53.1 Å². The largest absolute Gasteiger partial charge is 0.482 e. The zero-order valence-corrected chi connectivity index (χ0v) is 14.4. The average molecular weight is 367 g/mol. The molecule has 0 saturated heterocycles. The third-order valence-electron chi connectivity index (χ3n) is 3.43. The summed E-state index contributed by atoms with van der Waals surface area (Å²) in [6.07, 6.45) is 1.07. The molecule has 0 unspecified atom stereocenters. The number of nitrogens with one attached hydrogen (secondary N) is 1. The monoisotopic (exact) mass is 366 g/mol. The van der Waals surface area contributed by atoms with Gasteiger partial charge in [-0.1, -0.05) is 23.7 Å². The van der Waals surface area contributed by atoms with Gasteiger partial charge in [0.05, 0.1) is 24.2 Å². The number of ether oxygens (including phenoxy) is 1. The van der Waals surface area contributed by atoms with Crippen LogP contribution in [-0.4, -0.2) is 27.2 Å². The van der Waals surface area contributed by atoms with E-state index in [1.807, 2.05) is 12.1 Å². The van der Waals surface area contributed by atoms with Gasteiger partial charge < -0.3 is 9.64 Å². The molecular weight excluding hydrogens is 352 g/mol. The summed E-state index contributed by atoms with van der Waals surface area (Å²) in [5.41, 5.74) is 1.75. The smallest absolute Gasteiger partial charge is 0.265 e. The lowest BCUT2D eigenvalue weighted by atomic mass is 10.1. The second-order valence-electron chi connectivity index (χ2n) is 5.46. The second-order valence-corrected chi connectivity index (χ2v) is 7.64. The molecule has 1 N–H and O–H groups in total. The maximum atomic E-state index is 12.3. The molecule has 1 amide bonds. The van der Waals surface area contributed by atoms with E-state index >= 15 is 0 Å². The van der Waals surface area contributed by atoms with Crippen LogP contribution in [0.15, 0.2) is 42.5 Å². The highest BCUT2D eigenvalue weighted by molar-refractivity contribution is 7.92. The molecule has 126 valence electrons. The number of hydrogen-bond donors (Lipinski definition) is 1. The molecule has 0 saturated carbocycles. The van der Waals surface area contributed by atoms with Crippen molar-refractivity contribution in [2.24, 2.45) is 0 Å². The number of amides is 1. The number of carbonyl (C=O) groups is 1. The molecule has 24 heavy (non-hydrogen) atoms. The predicted molar refractivity (Wildman–Crippen MR) is 93.0 cm³/mol. The maximum absolute atomic E-state index is 12.3. The Labute approximate surface area is 145 Å². The van der Waals surface area contributed by atoms with Crippen molar-refractivity contribution >= 4 is 38.9 Å². The number of benzene rings is 2. The van der Waals surface area contributed by atoms with Crippen molar-refractivity contribution in [3.8, 4) is 5.75 Å². The van der Waals surface area contributed by atoms with Crippen LogP contribution >= 0.6 is 11.6 Å². The van der Waals surface area contributed by atoms with Crippen LogP contribution < -0.4 is 14.4 Å². The van der Waals surface area contributed by atoms with E-state index in [0.717, 1.165) is 11.8 Å². The molecule has 6 nitrogen and oxygen atoms in total. The summed E-state index contributed by atoms with van der Waals surface area (Å²) in [5.74, 6) is 0.315. The normalized spacial score (nSPS) is 14.1. The summed E-state index contributed by atoms with van der Waals surface area (Å²) >= 11 is 5.99. The van der Waals surface area contributed by atoms with Crippen LogP contribution in [0.25, 0.3) is 0 Å². The molecule has 2 aromatic carbocycles. The van der Waals surface area contributed by atoms with Crippen LogP contribution in [0, 0.1) is 0 Å². The average Bonchev–Trinajstić information content (AvgIpc) is 2.49.